The monoisotopic (exact) mass is 242 g/mol. The minimum Gasteiger partial charge on any atom is -0.481 e. The number of nitrogens with zero attached hydrogens (tertiary/aromatic N) is 1. The third kappa shape index (κ3) is 4.34. The van der Waals surface area contributed by atoms with E-state index in [-0.39, 0.29) is 18.2 Å². The van der Waals surface area contributed by atoms with Crippen LogP contribution >= 0.6 is 0 Å². The molecule has 0 spiro atoms. The van der Waals surface area contributed by atoms with E-state index in [1.807, 2.05) is 13.8 Å². The Balaban J connectivity index is 2.42. The number of amides is 1. The quantitative estimate of drug-likeness (QED) is 0.742. The second-order valence-electron chi connectivity index (χ2n) is 5.27. The van der Waals surface area contributed by atoms with Gasteiger partial charge in [0.15, 0.2) is 0 Å². The molecule has 0 aromatic rings. The molecule has 1 aliphatic heterocycles. The topological polar surface area (TPSA) is 83.6 Å². The molecule has 0 aliphatic carbocycles. The molecule has 2 unspecified atom stereocenters. The molecule has 0 aromatic carbocycles. The zero-order valence-electron chi connectivity index (χ0n) is 10.6. The molecule has 0 bridgehead atoms. The molecule has 0 aromatic heterocycles. The molecule has 5 heteroatoms. The smallest absolute Gasteiger partial charge is 0.303 e. The Morgan fingerprint density at radius 1 is 1.47 bits per heavy atom. The minimum atomic E-state index is -0.796. The van der Waals surface area contributed by atoms with E-state index in [4.69, 9.17) is 10.8 Å². The van der Waals surface area contributed by atoms with Gasteiger partial charge >= 0.3 is 5.97 Å². The van der Waals surface area contributed by atoms with E-state index in [2.05, 4.69) is 0 Å². The Hall–Kier alpha value is -1.10. The fourth-order valence-electron chi connectivity index (χ4n) is 2.29. The first-order valence-electron chi connectivity index (χ1n) is 6.16. The standard InChI is InChI=1S/C12H22N2O3/c1-8(2)5-10(13)12(17)14-4-3-9(7-14)6-11(15)16/h8-10H,3-7,13H2,1-2H3,(H,15,16). The second-order valence-corrected chi connectivity index (χ2v) is 5.27. The van der Waals surface area contributed by atoms with Gasteiger partial charge in [0.1, 0.15) is 0 Å². The highest BCUT2D eigenvalue weighted by molar-refractivity contribution is 5.82. The summed E-state index contributed by atoms with van der Waals surface area (Å²) >= 11 is 0. The van der Waals surface area contributed by atoms with Gasteiger partial charge in [-0.3, -0.25) is 9.59 Å². The zero-order chi connectivity index (χ0) is 13.0. The van der Waals surface area contributed by atoms with Crippen molar-refractivity contribution in [3.63, 3.8) is 0 Å². The summed E-state index contributed by atoms with van der Waals surface area (Å²) in [5.41, 5.74) is 5.84. The molecule has 5 nitrogen and oxygen atoms in total. The number of nitrogens with two attached hydrogens (primary N) is 1. The van der Waals surface area contributed by atoms with E-state index in [0.717, 1.165) is 6.42 Å². The van der Waals surface area contributed by atoms with Gasteiger partial charge in [0.05, 0.1) is 6.04 Å². The summed E-state index contributed by atoms with van der Waals surface area (Å²) in [6.07, 6.45) is 1.59. The fourth-order valence-corrected chi connectivity index (χ4v) is 2.29. The van der Waals surface area contributed by atoms with Crippen molar-refractivity contribution in [1.29, 1.82) is 0 Å². The number of carboxylic acid groups (broad SMARTS) is 1. The maximum absolute atomic E-state index is 12.0. The highest BCUT2D eigenvalue weighted by Gasteiger charge is 2.30. The van der Waals surface area contributed by atoms with Crippen LogP contribution in [0, 0.1) is 11.8 Å². The van der Waals surface area contributed by atoms with E-state index in [9.17, 15) is 9.59 Å². The largest absolute Gasteiger partial charge is 0.481 e. The summed E-state index contributed by atoms with van der Waals surface area (Å²) in [5.74, 6) is -0.351. The number of hydrogen-bond donors (Lipinski definition) is 2. The molecular weight excluding hydrogens is 220 g/mol. The van der Waals surface area contributed by atoms with Crippen molar-refractivity contribution in [2.24, 2.45) is 17.6 Å². The molecule has 0 radical (unpaired) electrons. The van der Waals surface area contributed by atoms with Gasteiger partial charge in [0, 0.05) is 19.5 Å². The summed E-state index contributed by atoms with van der Waals surface area (Å²) in [7, 11) is 0. The summed E-state index contributed by atoms with van der Waals surface area (Å²) < 4.78 is 0. The lowest BCUT2D eigenvalue weighted by Crippen LogP contribution is -2.43. The Morgan fingerprint density at radius 2 is 2.12 bits per heavy atom. The van der Waals surface area contributed by atoms with Crippen LogP contribution in [0.1, 0.15) is 33.1 Å². The predicted octanol–water partition coefficient (Wildman–Crippen LogP) is 0.683. The van der Waals surface area contributed by atoms with E-state index in [1.165, 1.54) is 0 Å². The molecule has 1 heterocycles. The Labute approximate surface area is 102 Å². The van der Waals surface area contributed by atoms with Gasteiger partial charge in [0.25, 0.3) is 0 Å². The highest BCUT2D eigenvalue weighted by Crippen LogP contribution is 2.20. The number of aliphatic carboxylic acids is 1. The maximum atomic E-state index is 12.0. The number of carbonyl (C=O) groups is 2. The van der Waals surface area contributed by atoms with Crippen LogP contribution in [0.15, 0.2) is 0 Å². The number of likely N-dealkylation sites (tertiary alicyclic amines) is 1. The first-order chi connectivity index (χ1) is 7.90. The summed E-state index contributed by atoms with van der Waals surface area (Å²) in [6, 6.07) is -0.446. The zero-order valence-corrected chi connectivity index (χ0v) is 10.6. The molecule has 0 saturated carbocycles. The first kappa shape index (κ1) is 14.0. The Bertz CT molecular complexity index is 291. The normalized spacial score (nSPS) is 21.9. The molecule has 1 saturated heterocycles. The number of rotatable bonds is 5. The van der Waals surface area contributed by atoms with Crippen molar-refractivity contribution in [2.45, 2.75) is 39.2 Å². The van der Waals surface area contributed by atoms with Crippen LogP contribution in [0.2, 0.25) is 0 Å². The maximum Gasteiger partial charge on any atom is 0.303 e. The molecule has 2 atom stereocenters. The average Bonchev–Trinajstić information content (AvgIpc) is 2.62. The number of carbonyl (C=O) groups excluding carboxylic acids is 1. The lowest BCUT2D eigenvalue weighted by Gasteiger charge is -2.21. The number of carboxylic acids is 1. The fraction of sp³-hybridized carbons (Fsp3) is 0.833. The van der Waals surface area contributed by atoms with E-state index in [0.29, 0.717) is 25.4 Å². The van der Waals surface area contributed by atoms with Crippen molar-refractivity contribution in [3.05, 3.63) is 0 Å². The van der Waals surface area contributed by atoms with Crippen LogP contribution in [-0.2, 0) is 9.59 Å². The van der Waals surface area contributed by atoms with E-state index < -0.39 is 12.0 Å². The van der Waals surface area contributed by atoms with Crippen LogP contribution in [0.25, 0.3) is 0 Å². The van der Waals surface area contributed by atoms with E-state index in [1.54, 1.807) is 4.90 Å². The lowest BCUT2D eigenvalue weighted by molar-refractivity contribution is -0.138. The van der Waals surface area contributed by atoms with Crippen molar-refractivity contribution in [3.8, 4) is 0 Å². The summed E-state index contributed by atoms with van der Waals surface area (Å²) in [5, 5.41) is 8.70. The first-order valence-corrected chi connectivity index (χ1v) is 6.16. The second kappa shape index (κ2) is 6.00. The van der Waals surface area contributed by atoms with Crippen molar-refractivity contribution in [2.75, 3.05) is 13.1 Å². The van der Waals surface area contributed by atoms with Crippen LogP contribution in [0.4, 0.5) is 0 Å². The number of hydrogen-bond acceptors (Lipinski definition) is 3. The van der Waals surface area contributed by atoms with Gasteiger partial charge in [-0.25, -0.2) is 0 Å². The molecule has 1 amide bonds. The van der Waals surface area contributed by atoms with Crippen molar-refractivity contribution < 1.29 is 14.7 Å². The molecule has 1 fully saturated rings. The van der Waals surface area contributed by atoms with Gasteiger partial charge in [-0.05, 0) is 24.7 Å². The van der Waals surface area contributed by atoms with Crippen LogP contribution in [0.5, 0.6) is 0 Å². The van der Waals surface area contributed by atoms with Crippen molar-refractivity contribution >= 4 is 11.9 Å². The van der Waals surface area contributed by atoms with Crippen molar-refractivity contribution in [1.82, 2.24) is 4.90 Å². The van der Waals surface area contributed by atoms with Gasteiger partial charge in [-0.15, -0.1) is 0 Å². The predicted molar refractivity (Wildman–Crippen MR) is 64.4 cm³/mol. The SMILES string of the molecule is CC(C)CC(N)C(=O)N1CCC(CC(=O)O)C1. The van der Waals surface area contributed by atoms with Gasteiger partial charge in [-0.2, -0.15) is 0 Å². The summed E-state index contributed by atoms with van der Waals surface area (Å²) in [4.78, 5) is 24.3. The molecule has 98 valence electrons. The van der Waals surface area contributed by atoms with Gasteiger partial charge < -0.3 is 15.7 Å². The average molecular weight is 242 g/mol. The molecular formula is C12H22N2O3. The summed E-state index contributed by atoms with van der Waals surface area (Å²) in [6.45, 7) is 5.24. The van der Waals surface area contributed by atoms with Gasteiger partial charge in [0.2, 0.25) is 5.91 Å². The molecule has 17 heavy (non-hydrogen) atoms. The lowest BCUT2D eigenvalue weighted by atomic mass is 10.0. The van der Waals surface area contributed by atoms with Crippen LogP contribution in [0.3, 0.4) is 0 Å². The van der Waals surface area contributed by atoms with Crippen LogP contribution < -0.4 is 5.73 Å². The Morgan fingerprint density at radius 3 is 2.65 bits per heavy atom. The Kier molecular flexibility index (Phi) is 4.93. The van der Waals surface area contributed by atoms with E-state index >= 15 is 0 Å². The van der Waals surface area contributed by atoms with Gasteiger partial charge in [-0.1, -0.05) is 13.8 Å². The third-order valence-electron chi connectivity index (χ3n) is 3.10. The molecule has 3 N–H and O–H groups in total. The third-order valence-corrected chi connectivity index (χ3v) is 3.10. The highest BCUT2D eigenvalue weighted by atomic mass is 16.4. The molecule has 1 aliphatic rings. The minimum absolute atomic E-state index is 0.0356. The molecule has 1 rings (SSSR count). The van der Waals surface area contributed by atoms with Crippen LogP contribution in [-0.4, -0.2) is 41.0 Å².